The molecule has 1 aromatic heterocycles. The lowest BCUT2D eigenvalue weighted by Crippen LogP contribution is -2.42. The normalized spacial score (nSPS) is 20.6. The lowest BCUT2D eigenvalue weighted by Gasteiger charge is -2.32. The van der Waals surface area contributed by atoms with Gasteiger partial charge in [0.1, 0.15) is 11.5 Å². The molecule has 1 unspecified atom stereocenters. The highest BCUT2D eigenvalue weighted by molar-refractivity contribution is 5.95. The van der Waals surface area contributed by atoms with Crippen LogP contribution < -0.4 is 5.73 Å². The van der Waals surface area contributed by atoms with Gasteiger partial charge in [0, 0.05) is 13.1 Å². The Morgan fingerprint density at radius 1 is 1.59 bits per heavy atom. The summed E-state index contributed by atoms with van der Waals surface area (Å²) >= 11 is 0. The van der Waals surface area contributed by atoms with E-state index in [0.29, 0.717) is 23.8 Å². The number of hydrogen-bond donors (Lipinski definition) is 1. The van der Waals surface area contributed by atoms with Crippen molar-refractivity contribution in [1.29, 1.82) is 0 Å². The molecule has 2 N–H and O–H groups in total. The van der Waals surface area contributed by atoms with Gasteiger partial charge in [0.2, 0.25) is 0 Å². The summed E-state index contributed by atoms with van der Waals surface area (Å²) in [4.78, 5) is 14.2. The first-order valence-electron chi connectivity index (χ1n) is 6.18. The minimum Gasteiger partial charge on any atom is -0.466 e. The third-order valence-electron chi connectivity index (χ3n) is 3.41. The second kappa shape index (κ2) is 4.92. The molecule has 2 heterocycles. The first-order valence-corrected chi connectivity index (χ1v) is 6.18. The highest BCUT2D eigenvalue weighted by Crippen LogP contribution is 2.21. The van der Waals surface area contributed by atoms with Crippen LogP contribution in [0.25, 0.3) is 0 Å². The molecule has 1 aliphatic heterocycles. The highest BCUT2D eigenvalue weighted by atomic mass is 16.3. The van der Waals surface area contributed by atoms with E-state index in [1.807, 2.05) is 24.8 Å². The summed E-state index contributed by atoms with van der Waals surface area (Å²) in [6.07, 6.45) is 2.17. The number of furan rings is 1. The van der Waals surface area contributed by atoms with Crippen LogP contribution in [0.1, 0.15) is 34.7 Å². The van der Waals surface area contributed by atoms with Crippen molar-refractivity contribution >= 4 is 5.91 Å². The number of aryl methyl sites for hydroxylation is 2. The molecule has 0 aromatic carbocycles. The maximum atomic E-state index is 12.3. The van der Waals surface area contributed by atoms with Gasteiger partial charge in [-0.05, 0) is 45.2 Å². The second-order valence-electron chi connectivity index (χ2n) is 4.82. The Morgan fingerprint density at radius 3 is 2.94 bits per heavy atom. The maximum Gasteiger partial charge on any atom is 0.257 e. The van der Waals surface area contributed by atoms with Crippen LogP contribution in [-0.2, 0) is 0 Å². The molecule has 0 radical (unpaired) electrons. The van der Waals surface area contributed by atoms with Crippen molar-refractivity contribution in [3.05, 3.63) is 23.2 Å². The molecule has 17 heavy (non-hydrogen) atoms. The molecule has 1 saturated heterocycles. The van der Waals surface area contributed by atoms with E-state index in [1.54, 1.807) is 0 Å². The molecule has 0 bridgehead atoms. The van der Waals surface area contributed by atoms with Crippen molar-refractivity contribution in [2.24, 2.45) is 11.7 Å². The minimum absolute atomic E-state index is 0.0810. The molecule has 1 aliphatic rings. The molecule has 4 heteroatoms. The lowest BCUT2D eigenvalue weighted by molar-refractivity contribution is 0.0676. The van der Waals surface area contributed by atoms with E-state index in [4.69, 9.17) is 10.2 Å². The van der Waals surface area contributed by atoms with Gasteiger partial charge >= 0.3 is 0 Å². The third-order valence-corrected chi connectivity index (χ3v) is 3.41. The second-order valence-corrected chi connectivity index (χ2v) is 4.82. The Morgan fingerprint density at radius 2 is 2.35 bits per heavy atom. The van der Waals surface area contributed by atoms with E-state index in [9.17, 15) is 4.79 Å². The van der Waals surface area contributed by atoms with Crippen molar-refractivity contribution in [3.8, 4) is 0 Å². The van der Waals surface area contributed by atoms with Crippen molar-refractivity contribution in [2.45, 2.75) is 26.7 Å². The van der Waals surface area contributed by atoms with Crippen LogP contribution in [0.15, 0.2) is 10.5 Å². The molecular formula is C13H20N2O2. The van der Waals surface area contributed by atoms with Crippen LogP contribution in [0, 0.1) is 19.8 Å². The Bertz CT molecular complexity index is 412. The molecule has 0 saturated carbocycles. The van der Waals surface area contributed by atoms with Gasteiger partial charge in [-0.15, -0.1) is 0 Å². The number of amides is 1. The van der Waals surface area contributed by atoms with Crippen molar-refractivity contribution in [2.75, 3.05) is 19.6 Å². The number of hydrogen-bond acceptors (Lipinski definition) is 3. The Labute approximate surface area is 102 Å². The number of nitrogens with two attached hydrogens (primary N) is 1. The molecule has 1 fully saturated rings. The lowest BCUT2D eigenvalue weighted by atomic mass is 9.97. The van der Waals surface area contributed by atoms with Gasteiger partial charge in [-0.1, -0.05) is 0 Å². The molecule has 0 aliphatic carbocycles. The van der Waals surface area contributed by atoms with Crippen LogP contribution in [0.4, 0.5) is 0 Å². The standard InChI is InChI=1S/C13H20N2O2/c1-9-6-12(10(2)17-9)13(16)15-5-3-4-11(7-14)8-15/h6,11H,3-5,7-8,14H2,1-2H3. The monoisotopic (exact) mass is 236 g/mol. The quantitative estimate of drug-likeness (QED) is 0.850. The number of rotatable bonds is 2. The zero-order chi connectivity index (χ0) is 12.4. The molecule has 1 amide bonds. The van der Waals surface area contributed by atoms with E-state index in [-0.39, 0.29) is 5.91 Å². The van der Waals surface area contributed by atoms with E-state index in [0.717, 1.165) is 31.7 Å². The summed E-state index contributed by atoms with van der Waals surface area (Å²) in [5, 5.41) is 0. The van der Waals surface area contributed by atoms with E-state index in [2.05, 4.69) is 0 Å². The van der Waals surface area contributed by atoms with Gasteiger partial charge < -0.3 is 15.1 Å². The van der Waals surface area contributed by atoms with Crippen LogP contribution in [-0.4, -0.2) is 30.4 Å². The fourth-order valence-corrected chi connectivity index (χ4v) is 2.46. The summed E-state index contributed by atoms with van der Waals surface area (Å²) in [7, 11) is 0. The molecule has 1 atom stereocenters. The van der Waals surface area contributed by atoms with Crippen LogP contribution in [0.2, 0.25) is 0 Å². The average Bonchev–Trinajstić information content (AvgIpc) is 2.67. The van der Waals surface area contributed by atoms with E-state index < -0.39 is 0 Å². The first-order chi connectivity index (χ1) is 8.11. The van der Waals surface area contributed by atoms with Crippen molar-refractivity contribution < 1.29 is 9.21 Å². The molecule has 4 nitrogen and oxygen atoms in total. The number of piperidine rings is 1. The summed E-state index contributed by atoms with van der Waals surface area (Å²) in [5.41, 5.74) is 6.38. The van der Waals surface area contributed by atoms with Gasteiger partial charge in [0.25, 0.3) is 5.91 Å². The zero-order valence-corrected chi connectivity index (χ0v) is 10.5. The van der Waals surface area contributed by atoms with Crippen LogP contribution in [0.3, 0.4) is 0 Å². The first kappa shape index (κ1) is 12.2. The number of carbonyl (C=O) groups is 1. The largest absolute Gasteiger partial charge is 0.466 e. The predicted molar refractivity (Wildman–Crippen MR) is 65.9 cm³/mol. The number of likely N-dealkylation sites (tertiary alicyclic amines) is 1. The minimum atomic E-state index is 0.0810. The van der Waals surface area contributed by atoms with Gasteiger partial charge in [-0.2, -0.15) is 0 Å². The number of carbonyl (C=O) groups excluding carboxylic acids is 1. The predicted octanol–water partition coefficient (Wildman–Crippen LogP) is 1.71. The molecular weight excluding hydrogens is 216 g/mol. The molecule has 0 spiro atoms. The summed E-state index contributed by atoms with van der Waals surface area (Å²) in [6, 6.07) is 1.82. The third kappa shape index (κ3) is 2.52. The zero-order valence-electron chi connectivity index (χ0n) is 10.5. The Hall–Kier alpha value is -1.29. The van der Waals surface area contributed by atoms with Gasteiger partial charge in [0.05, 0.1) is 5.56 Å². The van der Waals surface area contributed by atoms with Gasteiger partial charge in [-0.3, -0.25) is 4.79 Å². The van der Waals surface area contributed by atoms with Crippen molar-refractivity contribution in [3.63, 3.8) is 0 Å². The highest BCUT2D eigenvalue weighted by Gasteiger charge is 2.25. The smallest absolute Gasteiger partial charge is 0.257 e. The van der Waals surface area contributed by atoms with Gasteiger partial charge in [0.15, 0.2) is 0 Å². The van der Waals surface area contributed by atoms with Gasteiger partial charge in [-0.25, -0.2) is 0 Å². The Balaban J connectivity index is 2.12. The Kier molecular flexibility index (Phi) is 3.52. The summed E-state index contributed by atoms with van der Waals surface area (Å²) in [6.45, 7) is 5.97. The SMILES string of the molecule is Cc1cc(C(=O)N2CCCC(CN)C2)c(C)o1. The molecule has 1 aromatic rings. The van der Waals surface area contributed by atoms with E-state index >= 15 is 0 Å². The summed E-state index contributed by atoms with van der Waals surface area (Å²) in [5.74, 6) is 2.03. The van der Waals surface area contributed by atoms with Crippen LogP contribution in [0.5, 0.6) is 0 Å². The number of nitrogens with zero attached hydrogens (tertiary/aromatic N) is 1. The van der Waals surface area contributed by atoms with Crippen LogP contribution >= 0.6 is 0 Å². The topological polar surface area (TPSA) is 59.5 Å². The fourth-order valence-electron chi connectivity index (χ4n) is 2.46. The van der Waals surface area contributed by atoms with E-state index in [1.165, 1.54) is 0 Å². The molecule has 2 rings (SSSR count). The summed E-state index contributed by atoms with van der Waals surface area (Å²) < 4.78 is 5.41. The average molecular weight is 236 g/mol. The van der Waals surface area contributed by atoms with Crippen molar-refractivity contribution in [1.82, 2.24) is 4.90 Å². The maximum absolute atomic E-state index is 12.3. The fraction of sp³-hybridized carbons (Fsp3) is 0.615. The molecule has 94 valence electrons.